The first-order chi connectivity index (χ1) is 10.1. The molecule has 0 saturated carbocycles. The Labute approximate surface area is 129 Å². The first-order valence-corrected chi connectivity index (χ1v) is 8.10. The predicted molar refractivity (Wildman–Crippen MR) is 89.0 cm³/mol. The molecule has 1 atom stereocenters. The lowest BCUT2D eigenvalue weighted by atomic mass is 10.0. The Balaban J connectivity index is 2.51. The van der Waals surface area contributed by atoms with E-state index in [4.69, 9.17) is 4.74 Å². The molecule has 0 N–H and O–H groups in total. The molecule has 1 aromatic rings. The van der Waals surface area contributed by atoms with E-state index < -0.39 is 0 Å². The SMILES string of the molecule is CCCCC(CC)COC(=O)c1ccc(N(C)CC)cc1. The molecule has 21 heavy (non-hydrogen) atoms. The van der Waals surface area contributed by atoms with Crippen LogP contribution < -0.4 is 4.90 Å². The fourth-order valence-corrected chi connectivity index (χ4v) is 2.21. The Morgan fingerprint density at radius 1 is 1.19 bits per heavy atom. The highest BCUT2D eigenvalue weighted by atomic mass is 16.5. The molecule has 118 valence electrons. The zero-order chi connectivity index (χ0) is 15.7. The normalized spacial score (nSPS) is 12.0. The van der Waals surface area contributed by atoms with Crippen molar-refractivity contribution in [2.45, 2.75) is 46.5 Å². The molecule has 0 fully saturated rings. The van der Waals surface area contributed by atoms with Crippen LogP contribution in [0, 0.1) is 5.92 Å². The molecule has 1 unspecified atom stereocenters. The third kappa shape index (κ3) is 5.78. The molecule has 1 rings (SSSR count). The van der Waals surface area contributed by atoms with E-state index >= 15 is 0 Å². The maximum atomic E-state index is 12.1. The van der Waals surface area contributed by atoms with E-state index in [0.717, 1.165) is 25.1 Å². The Bertz CT molecular complexity index is 414. The first-order valence-electron chi connectivity index (χ1n) is 8.10. The lowest BCUT2D eigenvalue weighted by molar-refractivity contribution is 0.0428. The van der Waals surface area contributed by atoms with Gasteiger partial charge in [0, 0.05) is 19.3 Å². The molecule has 0 aliphatic heterocycles. The van der Waals surface area contributed by atoms with Crippen LogP contribution in [0.3, 0.4) is 0 Å². The lowest BCUT2D eigenvalue weighted by Gasteiger charge is -2.17. The van der Waals surface area contributed by atoms with E-state index in [1.807, 2.05) is 31.3 Å². The minimum Gasteiger partial charge on any atom is -0.462 e. The number of hydrogen-bond donors (Lipinski definition) is 0. The molecule has 0 bridgehead atoms. The van der Waals surface area contributed by atoms with Crippen LogP contribution in [-0.4, -0.2) is 26.2 Å². The largest absolute Gasteiger partial charge is 0.462 e. The van der Waals surface area contributed by atoms with Gasteiger partial charge in [-0.25, -0.2) is 4.79 Å². The first kappa shape index (κ1) is 17.5. The highest BCUT2D eigenvalue weighted by molar-refractivity contribution is 5.89. The summed E-state index contributed by atoms with van der Waals surface area (Å²) < 4.78 is 5.45. The van der Waals surface area contributed by atoms with E-state index in [-0.39, 0.29) is 5.97 Å². The Morgan fingerprint density at radius 2 is 1.86 bits per heavy atom. The molecule has 0 saturated heterocycles. The van der Waals surface area contributed by atoms with Gasteiger partial charge in [-0.3, -0.25) is 0 Å². The van der Waals surface area contributed by atoms with Crippen molar-refractivity contribution in [2.24, 2.45) is 5.92 Å². The molecular weight excluding hydrogens is 262 g/mol. The zero-order valence-corrected chi connectivity index (χ0v) is 13.9. The average molecular weight is 291 g/mol. The Morgan fingerprint density at radius 3 is 2.38 bits per heavy atom. The summed E-state index contributed by atoms with van der Waals surface area (Å²) in [6.07, 6.45) is 4.60. The van der Waals surface area contributed by atoms with E-state index in [1.54, 1.807) is 0 Å². The molecule has 0 spiro atoms. The van der Waals surface area contributed by atoms with Gasteiger partial charge in [0.2, 0.25) is 0 Å². The van der Waals surface area contributed by atoms with Gasteiger partial charge in [0.25, 0.3) is 0 Å². The van der Waals surface area contributed by atoms with Crippen molar-refractivity contribution in [3.8, 4) is 0 Å². The number of nitrogens with zero attached hydrogens (tertiary/aromatic N) is 1. The van der Waals surface area contributed by atoms with Crippen molar-refractivity contribution >= 4 is 11.7 Å². The molecule has 1 aromatic carbocycles. The molecule has 0 radical (unpaired) electrons. The monoisotopic (exact) mass is 291 g/mol. The van der Waals surface area contributed by atoms with Crippen molar-refractivity contribution < 1.29 is 9.53 Å². The highest BCUT2D eigenvalue weighted by Gasteiger charge is 2.12. The Kier molecular flexibility index (Phi) is 7.88. The topological polar surface area (TPSA) is 29.5 Å². The van der Waals surface area contributed by atoms with Crippen LogP contribution in [0.2, 0.25) is 0 Å². The summed E-state index contributed by atoms with van der Waals surface area (Å²) in [5.74, 6) is 0.273. The van der Waals surface area contributed by atoms with Crippen molar-refractivity contribution in [2.75, 3.05) is 25.1 Å². The molecule has 0 aromatic heterocycles. The summed E-state index contributed by atoms with van der Waals surface area (Å²) >= 11 is 0. The number of rotatable bonds is 9. The number of ether oxygens (including phenoxy) is 1. The predicted octanol–water partition coefficient (Wildman–Crippen LogP) is 4.52. The van der Waals surface area contributed by atoms with Gasteiger partial charge in [-0.15, -0.1) is 0 Å². The summed E-state index contributed by atoms with van der Waals surface area (Å²) in [5, 5.41) is 0. The van der Waals surface area contributed by atoms with Crippen LogP contribution in [0.4, 0.5) is 5.69 Å². The number of benzene rings is 1. The minimum absolute atomic E-state index is 0.212. The van der Waals surface area contributed by atoms with Crippen LogP contribution >= 0.6 is 0 Å². The molecule has 0 aliphatic carbocycles. The standard InChI is InChI=1S/C18H29NO2/c1-5-8-9-15(6-2)14-21-18(20)16-10-12-17(13-11-16)19(4)7-3/h10-13,15H,5-9,14H2,1-4H3. The summed E-state index contributed by atoms with van der Waals surface area (Å²) in [4.78, 5) is 14.2. The van der Waals surface area contributed by atoms with Gasteiger partial charge in [-0.05, 0) is 43.5 Å². The highest BCUT2D eigenvalue weighted by Crippen LogP contribution is 2.16. The van der Waals surface area contributed by atoms with Gasteiger partial charge < -0.3 is 9.64 Å². The number of unbranched alkanes of at least 4 members (excludes halogenated alkanes) is 1. The number of esters is 1. The molecule has 0 aliphatic rings. The van der Waals surface area contributed by atoms with Crippen molar-refractivity contribution in [3.05, 3.63) is 29.8 Å². The second kappa shape index (κ2) is 9.43. The van der Waals surface area contributed by atoms with Gasteiger partial charge in [0.15, 0.2) is 0 Å². The number of anilines is 1. The number of carbonyl (C=O) groups is 1. The van der Waals surface area contributed by atoms with Gasteiger partial charge in [0.1, 0.15) is 0 Å². The summed E-state index contributed by atoms with van der Waals surface area (Å²) in [6, 6.07) is 7.62. The second-order valence-corrected chi connectivity index (χ2v) is 5.58. The molecule has 0 amide bonds. The van der Waals surface area contributed by atoms with Crippen LogP contribution in [0.5, 0.6) is 0 Å². The summed E-state index contributed by atoms with van der Waals surface area (Å²) in [5.41, 5.74) is 1.75. The van der Waals surface area contributed by atoms with E-state index in [2.05, 4.69) is 25.7 Å². The van der Waals surface area contributed by atoms with Crippen molar-refractivity contribution in [3.63, 3.8) is 0 Å². The van der Waals surface area contributed by atoms with Gasteiger partial charge >= 0.3 is 5.97 Å². The van der Waals surface area contributed by atoms with E-state index in [1.165, 1.54) is 12.8 Å². The molecule has 0 heterocycles. The van der Waals surface area contributed by atoms with Crippen LogP contribution in [0.15, 0.2) is 24.3 Å². The fourth-order valence-electron chi connectivity index (χ4n) is 2.21. The van der Waals surface area contributed by atoms with Gasteiger partial charge in [-0.1, -0.05) is 33.1 Å². The minimum atomic E-state index is -0.212. The summed E-state index contributed by atoms with van der Waals surface area (Å²) in [7, 11) is 2.03. The van der Waals surface area contributed by atoms with Crippen molar-refractivity contribution in [1.82, 2.24) is 0 Å². The average Bonchev–Trinajstić information content (AvgIpc) is 2.54. The van der Waals surface area contributed by atoms with Crippen LogP contribution in [0.1, 0.15) is 56.8 Å². The fraction of sp³-hybridized carbons (Fsp3) is 0.611. The Hall–Kier alpha value is -1.51. The molecular formula is C18H29NO2. The number of hydrogen-bond acceptors (Lipinski definition) is 3. The maximum absolute atomic E-state index is 12.1. The lowest BCUT2D eigenvalue weighted by Crippen LogP contribution is -2.16. The number of carbonyl (C=O) groups excluding carboxylic acids is 1. The zero-order valence-electron chi connectivity index (χ0n) is 13.9. The van der Waals surface area contributed by atoms with E-state index in [9.17, 15) is 4.79 Å². The van der Waals surface area contributed by atoms with Gasteiger partial charge in [-0.2, -0.15) is 0 Å². The van der Waals surface area contributed by atoms with Crippen molar-refractivity contribution in [1.29, 1.82) is 0 Å². The quantitative estimate of drug-likeness (QED) is 0.627. The summed E-state index contributed by atoms with van der Waals surface area (Å²) in [6.45, 7) is 7.92. The smallest absolute Gasteiger partial charge is 0.338 e. The van der Waals surface area contributed by atoms with Gasteiger partial charge in [0.05, 0.1) is 12.2 Å². The third-order valence-corrected chi connectivity index (χ3v) is 4.01. The third-order valence-electron chi connectivity index (χ3n) is 4.01. The molecule has 3 nitrogen and oxygen atoms in total. The van der Waals surface area contributed by atoms with E-state index in [0.29, 0.717) is 18.1 Å². The van der Waals surface area contributed by atoms with Crippen LogP contribution in [0.25, 0.3) is 0 Å². The molecule has 3 heteroatoms. The van der Waals surface area contributed by atoms with Crippen LogP contribution in [-0.2, 0) is 4.74 Å². The maximum Gasteiger partial charge on any atom is 0.338 e. The second-order valence-electron chi connectivity index (χ2n) is 5.58.